The first kappa shape index (κ1) is 31.5. The number of nitrogens with two attached hydrogens (primary N) is 1. The van der Waals surface area contributed by atoms with Crippen molar-refractivity contribution in [3.8, 4) is 29.3 Å². The van der Waals surface area contributed by atoms with E-state index in [1.807, 2.05) is 6.07 Å². The summed E-state index contributed by atoms with van der Waals surface area (Å²) in [5, 5.41) is 19.5. The summed E-state index contributed by atoms with van der Waals surface area (Å²) < 4.78 is 19.7. The third kappa shape index (κ3) is 5.25. The molecule has 1 amide bonds. The van der Waals surface area contributed by atoms with Crippen LogP contribution in [0.5, 0.6) is 5.88 Å². The Morgan fingerprint density at radius 2 is 2.00 bits per heavy atom. The van der Waals surface area contributed by atoms with Crippen molar-refractivity contribution in [2.24, 2.45) is 0 Å². The van der Waals surface area contributed by atoms with Gasteiger partial charge in [0.15, 0.2) is 28.8 Å². The third-order valence-electron chi connectivity index (χ3n) is 11.1. The molecule has 1 aromatic carbocycles. The molecule has 2 fully saturated rings. The number of fused-ring (bicyclic) bond motifs is 4. The maximum Gasteiger partial charge on any atom is 0.274 e. The number of hydrogen-bond donors (Lipinski definition) is 1. The minimum atomic E-state index is -0.500. The van der Waals surface area contributed by atoms with Gasteiger partial charge in [-0.25, -0.2) is 9.67 Å². The van der Waals surface area contributed by atoms with E-state index < -0.39 is 5.41 Å². The molecule has 3 aromatic heterocycles. The predicted molar refractivity (Wildman–Crippen MR) is 179 cm³/mol. The molecule has 1 spiro atoms. The lowest BCUT2D eigenvalue weighted by Crippen LogP contribution is -2.49. The molecular formula is C36H41N9O4. The Morgan fingerprint density at radius 3 is 2.73 bits per heavy atom. The van der Waals surface area contributed by atoms with E-state index in [1.165, 1.54) is 0 Å². The molecule has 2 aliphatic heterocycles. The van der Waals surface area contributed by atoms with Gasteiger partial charge in [0.25, 0.3) is 5.91 Å². The topological polar surface area (TPSA) is 161 Å². The summed E-state index contributed by atoms with van der Waals surface area (Å²) in [5.41, 5.74) is 10.8. The summed E-state index contributed by atoms with van der Waals surface area (Å²) in [7, 11) is 3.89. The molecule has 13 nitrogen and oxygen atoms in total. The third-order valence-corrected chi connectivity index (χ3v) is 11.1. The first-order valence-corrected chi connectivity index (χ1v) is 17.3. The van der Waals surface area contributed by atoms with Crippen molar-refractivity contribution in [2.45, 2.75) is 81.9 Å². The maximum absolute atomic E-state index is 13.2. The zero-order valence-corrected chi connectivity index (χ0v) is 28.2. The van der Waals surface area contributed by atoms with Crippen LogP contribution in [-0.2, 0) is 23.0 Å². The van der Waals surface area contributed by atoms with Crippen molar-refractivity contribution >= 4 is 11.6 Å². The fourth-order valence-electron chi connectivity index (χ4n) is 8.35. The molecular weight excluding hydrogens is 622 g/mol. The second kappa shape index (κ2) is 12.3. The zero-order chi connectivity index (χ0) is 33.9. The molecule has 8 rings (SSSR count). The Morgan fingerprint density at radius 1 is 1.18 bits per heavy atom. The van der Waals surface area contributed by atoms with Gasteiger partial charge in [-0.3, -0.25) is 9.69 Å². The Balaban J connectivity index is 1.21. The number of rotatable bonds is 7. The summed E-state index contributed by atoms with van der Waals surface area (Å²) in [6, 6.07) is 10.0. The van der Waals surface area contributed by atoms with Crippen LogP contribution in [0.2, 0.25) is 0 Å². The van der Waals surface area contributed by atoms with E-state index in [0.29, 0.717) is 53.4 Å². The van der Waals surface area contributed by atoms with E-state index in [1.54, 1.807) is 35.0 Å². The van der Waals surface area contributed by atoms with Gasteiger partial charge in [-0.1, -0.05) is 11.2 Å². The number of nitrogen functional groups attached to an aromatic ring is 1. The van der Waals surface area contributed by atoms with E-state index in [4.69, 9.17) is 29.7 Å². The van der Waals surface area contributed by atoms with E-state index >= 15 is 0 Å². The van der Waals surface area contributed by atoms with Crippen LogP contribution in [0, 0.1) is 11.3 Å². The summed E-state index contributed by atoms with van der Waals surface area (Å²) in [5.74, 6) is 1.79. The first-order chi connectivity index (χ1) is 23.8. The van der Waals surface area contributed by atoms with Gasteiger partial charge in [0.2, 0.25) is 5.88 Å². The van der Waals surface area contributed by atoms with Crippen molar-refractivity contribution in [3.05, 3.63) is 64.2 Å². The Kier molecular flexibility index (Phi) is 7.88. The molecule has 3 unspecified atom stereocenters. The molecule has 2 saturated heterocycles. The van der Waals surface area contributed by atoms with Crippen LogP contribution in [0.25, 0.3) is 17.3 Å². The Labute approximate surface area is 285 Å². The second-order valence-electron chi connectivity index (χ2n) is 14.0. The number of benzene rings is 1. The molecule has 5 heterocycles. The molecule has 4 aromatic rings. The van der Waals surface area contributed by atoms with Gasteiger partial charge in [0.05, 0.1) is 30.2 Å². The molecule has 0 bridgehead atoms. The van der Waals surface area contributed by atoms with Crippen LogP contribution in [0.3, 0.4) is 0 Å². The van der Waals surface area contributed by atoms with Gasteiger partial charge in [0.1, 0.15) is 12.2 Å². The monoisotopic (exact) mass is 663 g/mol. The predicted octanol–water partition coefficient (Wildman–Crippen LogP) is 4.06. The quantitative estimate of drug-likeness (QED) is 0.284. The Hall–Kier alpha value is -4.80. The van der Waals surface area contributed by atoms with Crippen LogP contribution >= 0.6 is 0 Å². The van der Waals surface area contributed by atoms with E-state index in [2.05, 4.69) is 41.3 Å². The Bertz CT molecular complexity index is 1960. The first-order valence-electron chi connectivity index (χ1n) is 17.3. The van der Waals surface area contributed by atoms with Gasteiger partial charge < -0.3 is 24.6 Å². The van der Waals surface area contributed by atoms with Crippen LogP contribution in [-0.4, -0.2) is 92.7 Å². The van der Waals surface area contributed by atoms with Crippen molar-refractivity contribution in [3.63, 3.8) is 0 Å². The summed E-state index contributed by atoms with van der Waals surface area (Å²) >= 11 is 0. The van der Waals surface area contributed by atoms with Crippen LogP contribution in [0.15, 0.2) is 35.0 Å². The highest BCUT2D eigenvalue weighted by Crippen LogP contribution is 2.53. The standard InChI is InChI=1S/C36H41N9O4/c1-21(28-9-6-15-43(28)2)48-30-17-29(45-16-12-27(41-45)35(46)44(3)23-19-47-20-23)39-34(40-30)32-24-8-5-14-36(33(24)49-42-32)13-4-7-22-10-11-26(38)25(18-37)31(22)36/h10-12,16-17,21,23,28H,4-9,13-15,19-20,38H2,1-3H3. The van der Waals surface area contributed by atoms with E-state index in [9.17, 15) is 10.1 Å². The number of anilines is 1. The van der Waals surface area contributed by atoms with Crippen LogP contribution in [0.4, 0.5) is 5.69 Å². The van der Waals surface area contributed by atoms with Crippen LogP contribution < -0.4 is 10.5 Å². The van der Waals surface area contributed by atoms with Gasteiger partial charge in [-0.15, -0.1) is 0 Å². The van der Waals surface area contributed by atoms with Gasteiger partial charge >= 0.3 is 0 Å². The second-order valence-corrected chi connectivity index (χ2v) is 14.0. The zero-order valence-electron chi connectivity index (χ0n) is 28.2. The molecule has 49 heavy (non-hydrogen) atoms. The van der Waals surface area contributed by atoms with Gasteiger partial charge in [-0.05, 0) is 95.1 Å². The van der Waals surface area contributed by atoms with Crippen molar-refractivity contribution in [1.82, 2.24) is 34.7 Å². The van der Waals surface area contributed by atoms with Gasteiger partial charge in [0, 0.05) is 36.6 Å². The number of likely N-dealkylation sites (N-methyl/N-ethyl adjacent to an activating group) is 2. The summed E-state index contributed by atoms with van der Waals surface area (Å²) in [6.07, 6.45) is 8.93. The van der Waals surface area contributed by atoms with Crippen LogP contribution in [0.1, 0.15) is 84.0 Å². The number of carbonyl (C=O) groups excluding carboxylic acids is 1. The van der Waals surface area contributed by atoms with Crippen molar-refractivity contribution in [2.75, 3.05) is 39.6 Å². The SMILES string of the molecule is CC(Oc1cc(-n2ccc(C(=O)N(C)C3COC3)n2)nc(-c2noc3c2CCCC32CCCc3ccc(N)c(C#N)c32)n1)C1CCCN1C. The highest BCUT2D eigenvalue weighted by molar-refractivity contribution is 5.92. The molecule has 3 atom stereocenters. The lowest BCUT2D eigenvalue weighted by molar-refractivity contribution is -0.0469. The highest BCUT2D eigenvalue weighted by Gasteiger charge is 2.48. The molecule has 2 aliphatic carbocycles. The molecule has 2 N–H and O–H groups in total. The minimum Gasteiger partial charge on any atom is -0.473 e. The molecule has 4 aliphatic rings. The number of hydrogen-bond acceptors (Lipinski definition) is 11. The average molecular weight is 664 g/mol. The van der Waals surface area contributed by atoms with Crippen molar-refractivity contribution < 1.29 is 18.8 Å². The number of aryl methyl sites for hydroxylation is 1. The molecule has 13 heteroatoms. The lowest BCUT2D eigenvalue weighted by Gasteiger charge is -2.41. The number of likely N-dealkylation sites (tertiary alicyclic amines) is 1. The number of ether oxygens (including phenoxy) is 2. The van der Waals surface area contributed by atoms with Gasteiger partial charge in [-0.2, -0.15) is 15.3 Å². The highest BCUT2D eigenvalue weighted by atomic mass is 16.5. The number of nitriles is 1. The lowest BCUT2D eigenvalue weighted by atomic mass is 9.61. The van der Waals surface area contributed by atoms with E-state index in [0.717, 1.165) is 80.4 Å². The number of amides is 1. The molecule has 254 valence electrons. The normalized spacial score (nSPS) is 22.6. The summed E-state index contributed by atoms with van der Waals surface area (Å²) in [6.45, 7) is 4.14. The maximum atomic E-state index is 13.2. The minimum absolute atomic E-state index is 0.0388. The van der Waals surface area contributed by atoms with Crippen molar-refractivity contribution in [1.29, 1.82) is 5.26 Å². The number of nitrogens with zero attached hydrogens (tertiary/aromatic N) is 8. The van der Waals surface area contributed by atoms with E-state index in [-0.39, 0.29) is 24.1 Å². The fraction of sp³-hybridized carbons (Fsp3) is 0.500. The number of aromatic nitrogens is 5. The molecule has 0 saturated carbocycles. The summed E-state index contributed by atoms with van der Waals surface area (Å²) in [4.78, 5) is 27.0. The smallest absolute Gasteiger partial charge is 0.274 e. The average Bonchev–Trinajstić information content (AvgIpc) is 3.84. The fourth-order valence-corrected chi connectivity index (χ4v) is 8.35. The molecule has 0 radical (unpaired) electrons. The largest absolute Gasteiger partial charge is 0.473 e. The number of carbonyl (C=O) groups is 1.